The summed E-state index contributed by atoms with van der Waals surface area (Å²) in [5, 5.41) is 16.4. The molecule has 0 saturated heterocycles. The van der Waals surface area contributed by atoms with Gasteiger partial charge in [0.05, 0.1) is 18.5 Å². The summed E-state index contributed by atoms with van der Waals surface area (Å²) in [4.78, 5) is 38.7. The van der Waals surface area contributed by atoms with Crippen LogP contribution in [0.4, 0.5) is 10.8 Å². The van der Waals surface area contributed by atoms with E-state index in [1.165, 1.54) is 11.3 Å². The van der Waals surface area contributed by atoms with E-state index >= 15 is 0 Å². The lowest BCUT2D eigenvalue weighted by Gasteiger charge is -2.06. The van der Waals surface area contributed by atoms with Crippen LogP contribution in [0.15, 0.2) is 29.6 Å². The molecule has 1 aromatic heterocycles. The maximum atomic E-state index is 12.1. The van der Waals surface area contributed by atoms with Crippen LogP contribution in [0.25, 0.3) is 0 Å². The number of anilines is 2. The summed E-state index contributed by atoms with van der Waals surface area (Å²) in [6.07, 6.45) is -0.0358. The van der Waals surface area contributed by atoms with Crippen LogP contribution < -0.4 is 10.6 Å². The molecule has 0 unspecified atom stereocenters. The van der Waals surface area contributed by atoms with Gasteiger partial charge in [0, 0.05) is 17.0 Å². The molecular weight excluding hydrogens is 342 g/mol. The molecule has 2 aromatic rings. The molecule has 0 saturated carbocycles. The van der Waals surface area contributed by atoms with Gasteiger partial charge in [-0.3, -0.25) is 14.4 Å². The van der Waals surface area contributed by atoms with Crippen molar-refractivity contribution in [3.8, 4) is 0 Å². The van der Waals surface area contributed by atoms with Crippen LogP contribution in [0.1, 0.15) is 25.1 Å². The number of carbonyl (C=O) groups excluding carboxylic acids is 2. The van der Waals surface area contributed by atoms with E-state index in [1.807, 2.05) is 0 Å². The first kappa shape index (κ1) is 18.6. The van der Waals surface area contributed by atoms with Crippen molar-refractivity contribution >= 4 is 39.9 Å². The highest BCUT2D eigenvalue weighted by molar-refractivity contribution is 7.13. The van der Waals surface area contributed by atoms with Crippen molar-refractivity contribution in [2.75, 3.05) is 10.6 Å². The first-order chi connectivity index (χ1) is 11.8. The van der Waals surface area contributed by atoms with Gasteiger partial charge < -0.3 is 15.7 Å². The molecule has 2 amide bonds. The molecular formula is C17H19N3O4S. The second kappa shape index (κ2) is 8.39. The summed E-state index contributed by atoms with van der Waals surface area (Å²) in [5.74, 6) is -1.46. The number of nitrogens with one attached hydrogen (secondary N) is 2. The van der Waals surface area contributed by atoms with Crippen molar-refractivity contribution in [2.24, 2.45) is 5.92 Å². The summed E-state index contributed by atoms with van der Waals surface area (Å²) >= 11 is 1.26. The number of carbonyl (C=O) groups is 3. The molecule has 0 atom stereocenters. The largest absolute Gasteiger partial charge is 0.481 e. The fourth-order valence-corrected chi connectivity index (χ4v) is 2.71. The first-order valence-corrected chi connectivity index (χ1v) is 8.57. The molecule has 8 heteroatoms. The number of carboxylic acid groups (broad SMARTS) is 1. The van der Waals surface area contributed by atoms with Crippen molar-refractivity contribution in [1.82, 2.24) is 4.98 Å². The molecule has 0 radical (unpaired) electrons. The Kier molecular flexibility index (Phi) is 6.24. The number of aliphatic carboxylic acids is 1. The van der Waals surface area contributed by atoms with Crippen LogP contribution in [0.5, 0.6) is 0 Å². The summed E-state index contributed by atoms with van der Waals surface area (Å²) in [7, 11) is 0. The van der Waals surface area contributed by atoms with E-state index in [1.54, 1.807) is 43.5 Å². The van der Waals surface area contributed by atoms with Crippen molar-refractivity contribution in [2.45, 2.75) is 26.7 Å². The molecule has 2 rings (SSSR count). The Hall–Kier alpha value is -2.74. The van der Waals surface area contributed by atoms with Gasteiger partial charge in [-0.15, -0.1) is 11.3 Å². The lowest BCUT2D eigenvalue weighted by molar-refractivity contribution is -0.136. The average molecular weight is 361 g/mol. The molecule has 0 spiro atoms. The van der Waals surface area contributed by atoms with E-state index < -0.39 is 5.97 Å². The Morgan fingerprint density at radius 3 is 2.64 bits per heavy atom. The standard InChI is InChI=1S/C17H19N3O4S/c1-10(2)16(24)20-17-19-13(9-25-17)8-14(21)18-12-5-3-4-11(6-12)7-15(22)23/h3-6,9-10H,7-8H2,1-2H3,(H,18,21)(H,22,23)(H,19,20,24). The third-order valence-electron chi connectivity index (χ3n) is 3.21. The Morgan fingerprint density at radius 2 is 1.96 bits per heavy atom. The topological polar surface area (TPSA) is 108 Å². The first-order valence-electron chi connectivity index (χ1n) is 7.69. The van der Waals surface area contributed by atoms with Gasteiger partial charge in [0.2, 0.25) is 11.8 Å². The van der Waals surface area contributed by atoms with Crippen LogP contribution in [0, 0.1) is 5.92 Å². The molecule has 0 bridgehead atoms. The summed E-state index contributed by atoms with van der Waals surface area (Å²) in [5.41, 5.74) is 1.70. The molecule has 0 aliphatic rings. The molecule has 1 aromatic carbocycles. The van der Waals surface area contributed by atoms with E-state index in [9.17, 15) is 14.4 Å². The fraction of sp³-hybridized carbons (Fsp3) is 0.294. The normalized spacial score (nSPS) is 10.5. The molecule has 25 heavy (non-hydrogen) atoms. The van der Waals surface area contributed by atoms with E-state index in [2.05, 4.69) is 15.6 Å². The van der Waals surface area contributed by atoms with Gasteiger partial charge >= 0.3 is 5.97 Å². The van der Waals surface area contributed by atoms with Crippen LogP contribution in [-0.4, -0.2) is 27.9 Å². The maximum Gasteiger partial charge on any atom is 0.307 e. The zero-order valence-corrected chi connectivity index (χ0v) is 14.7. The number of hydrogen-bond donors (Lipinski definition) is 3. The number of hydrogen-bond acceptors (Lipinski definition) is 5. The minimum absolute atomic E-state index is 0.0667. The minimum Gasteiger partial charge on any atom is -0.481 e. The van der Waals surface area contributed by atoms with Crippen molar-refractivity contribution in [3.05, 3.63) is 40.9 Å². The fourth-order valence-electron chi connectivity index (χ4n) is 2.00. The summed E-state index contributed by atoms with van der Waals surface area (Å²) < 4.78 is 0. The number of rotatable bonds is 7. The van der Waals surface area contributed by atoms with Crippen LogP contribution >= 0.6 is 11.3 Å². The summed E-state index contributed by atoms with van der Waals surface area (Å²) in [6, 6.07) is 6.70. The van der Waals surface area contributed by atoms with E-state index in [-0.39, 0.29) is 30.6 Å². The monoisotopic (exact) mass is 361 g/mol. The predicted octanol–water partition coefficient (Wildman–Crippen LogP) is 2.55. The van der Waals surface area contributed by atoms with Crippen LogP contribution in [-0.2, 0) is 27.2 Å². The highest BCUT2D eigenvalue weighted by Crippen LogP contribution is 2.17. The number of nitrogens with zero attached hydrogens (tertiary/aromatic N) is 1. The average Bonchev–Trinajstić information content (AvgIpc) is 2.93. The number of amides is 2. The smallest absolute Gasteiger partial charge is 0.307 e. The molecule has 132 valence electrons. The van der Waals surface area contributed by atoms with Gasteiger partial charge in [-0.05, 0) is 17.7 Å². The van der Waals surface area contributed by atoms with Crippen molar-refractivity contribution in [1.29, 1.82) is 0 Å². The minimum atomic E-state index is -0.929. The second-order valence-corrected chi connectivity index (χ2v) is 6.64. The Bertz CT molecular complexity index is 786. The van der Waals surface area contributed by atoms with Gasteiger partial charge in [-0.2, -0.15) is 0 Å². The van der Waals surface area contributed by atoms with E-state index in [0.717, 1.165) is 0 Å². The Balaban J connectivity index is 1.93. The van der Waals surface area contributed by atoms with Gasteiger partial charge in [0.15, 0.2) is 5.13 Å². The van der Waals surface area contributed by atoms with Gasteiger partial charge in [-0.1, -0.05) is 26.0 Å². The van der Waals surface area contributed by atoms with E-state index in [4.69, 9.17) is 5.11 Å². The molecule has 1 heterocycles. The van der Waals surface area contributed by atoms with Gasteiger partial charge in [0.25, 0.3) is 0 Å². The zero-order valence-electron chi connectivity index (χ0n) is 13.9. The Labute approximate surface area is 149 Å². The third-order valence-corrected chi connectivity index (χ3v) is 4.02. The Morgan fingerprint density at radius 1 is 1.20 bits per heavy atom. The number of benzene rings is 1. The van der Waals surface area contributed by atoms with Crippen molar-refractivity contribution in [3.63, 3.8) is 0 Å². The molecule has 3 N–H and O–H groups in total. The lowest BCUT2D eigenvalue weighted by atomic mass is 10.1. The summed E-state index contributed by atoms with van der Waals surface area (Å²) in [6.45, 7) is 3.57. The third kappa shape index (κ3) is 6.00. The molecule has 0 fully saturated rings. The van der Waals surface area contributed by atoms with Crippen LogP contribution in [0.2, 0.25) is 0 Å². The highest BCUT2D eigenvalue weighted by atomic mass is 32.1. The van der Waals surface area contributed by atoms with Gasteiger partial charge in [0.1, 0.15) is 0 Å². The number of carboxylic acids is 1. The molecule has 0 aliphatic carbocycles. The number of thiazole rings is 1. The van der Waals surface area contributed by atoms with Crippen LogP contribution in [0.3, 0.4) is 0 Å². The van der Waals surface area contributed by atoms with E-state index in [0.29, 0.717) is 22.1 Å². The van der Waals surface area contributed by atoms with Gasteiger partial charge in [-0.25, -0.2) is 4.98 Å². The quantitative estimate of drug-likeness (QED) is 0.702. The lowest BCUT2D eigenvalue weighted by Crippen LogP contribution is -2.18. The highest BCUT2D eigenvalue weighted by Gasteiger charge is 2.12. The number of aromatic nitrogens is 1. The maximum absolute atomic E-state index is 12.1. The van der Waals surface area contributed by atoms with Crippen molar-refractivity contribution < 1.29 is 19.5 Å². The SMILES string of the molecule is CC(C)C(=O)Nc1nc(CC(=O)Nc2cccc(CC(=O)O)c2)cs1. The second-order valence-electron chi connectivity index (χ2n) is 5.78. The molecule has 7 nitrogen and oxygen atoms in total. The predicted molar refractivity (Wildman–Crippen MR) is 95.7 cm³/mol. The zero-order chi connectivity index (χ0) is 18.4. The molecule has 0 aliphatic heterocycles.